The van der Waals surface area contributed by atoms with Crippen LogP contribution in [-0.4, -0.2) is 37.3 Å². The third kappa shape index (κ3) is 5.66. The molecule has 0 aliphatic rings. The van der Waals surface area contributed by atoms with Crippen LogP contribution in [0.3, 0.4) is 0 Å². The maximum absolute atomic E-state index is 8.33. The fourth-order valence-electron chi connectivity index (χ4n) is 0.363. The third-order valence-corrected chi connectivity index (χ3v) is 0.658. The second-order valence-corrected chi connectivity index (χ2v) is 2.68. The summed E-state index contributed by atoms with van der Waals surface area (Å²) < 4.78 is 0.764. The van der Waals surface area contributed by atoms with E-state index in [-0.39, 0.29) is 6.61 Å². The molecule has 2 nitrogen and oxygen atoms in total. The predicted octanol–water partition coefficient (Wildman–Crippen LogP) is 0.199. The Balaban J connectivity index is 3.52. The molecule has 0 aromatic carbocycles. The summed E-state index contributed by atoms with van der Waals surface area (Å²) in [6.07, 6.45) is 3.67. The van der Waals surface area contributed by atoms with Crippen LogP contribution in [-0.2, 0) is 0 Å². The molecule has 0 atom stereocenters. The van der Waals surface area contributed by atoms with Gasteiger partial charge in [0.2, 0.25) is 0 Å². The molecule has 0 amide bonds. The minimum absolute atomic E-state index is 0.134. The predicted molar refractivity (Wildman–Crippen MR) is 34.3 cm³/mol. The molecule has 0 heterocycles. The zero-order valence-corrected chi connectivity index (χ0v) is 5.76. The van der Waals surface area contributed by atoms with Crippen molar-refractivity contribution in [3.8, 4) is 0 Å². The molecule has 0 aliphatic carbocycles. The summed E-state index contributed by atoms with van der Waals surface area (Å²) in [5, 5.41) is 8.33. The lowest BCUT2D eigenvalue weighted by Crippen LogP contribution is -2.26. The van der Waals surface area contributed by atoms with Crippen molar-refractivity contribution in [1.82, 2.24) is 0 Å². The standard InChI is InChI=1S/C6H14NO/c1-7(2,3)5-4-6-8/h4-5,8H,6H2,1-3H3/q+1. The highest BCUT2D eigenvalue weighted by Crippen LogP contribution is 1.89. The Morgan fingerprint density at radius 3 is 2.00 bits per heavy atom. The number of aliphatic hydroxyl groups excluding tert-OH is 1. The van der Waals surface area contributed by atoms with Crippen LogP contribution < -0.4 is 0 Å². The van der Waals surface area contributed by atoms with Gasteiger partial charge in [0.25, 0.3) is 0 Å². The second kappa shape index (κ2) is 2.84. The first-order valence-electron chi connectivity index (χ1n) is 2.66. The zero-order chi connectivity index (χ0) is 6.62. The highest BCUT2D eigenvalue weighted by molar-refractivity contribution is 4.70. The number of quaternary nitrogens is 1. The molecular weight excluding hydrogens is 102 g/mol. The molecular formula is C6H14NO+. The van der Waals surface area contributed by atoms with E-state index in [1.807, 2.05) is 27.3 Å². The fraction of sp³-hybridized carbons (Fsp3) is 0.667. The van der Waals surface area contributed by atoms with Crippen LogP contribution in [0, 0.1) is 0 Å². The van der Waals surface area contributed by atoms with E-state index in [9.17, 15) is 0 Å². The van der Waals surface area contributed by atoms with Crippen molar-refractivity contribution in [2.24, 2.45) is 0 Å². The van der Waals surface area contributed by atoms with Crippen molar-refractivity contribution < 1.29 is 9.59 Å². The van der Waals surface area contributed by atoms with Gasteiger partial charge in [0, 0.05) is 0 Å². The van der Waals surface area contributed by atoms with Crippen molar-refractivity contribution in [2.75, 3.05) is 27.7 Å². The smallest absolute Gasteiger partial charge is 0.0934 e. The van der Waals surface area contributed by atoms with Gasteiger partial charge in [-0.05, 0) is 6.08 Å². The lowest BCUT2D eigenvalue weighted by molar-refractivity contribution is -0.817. The molecule has 0 aromatic heterocycles. The Kier molecular flexibility index (Phi) is 2.72. The Morgan fingerprint density at radius 1 is 1.38 bits per heavy atom. The molecule has 0 rings (SSSR count). The molecule has 0 radical (unpaired) electrons. The minimum atomic E-state index is 0.134. The van der Waals surface area contributed by atoms with Gasteiger partial charge in [-0.15, -0.1) is 0 Å². The third-order valence-electron chi connectivity index (χ3n) is 0.658. The molecule has 1 N–H and O–H groups in total. The van der Waals surface area contributed by atoms with Crippen LogP contribution in [0.4, 0.5) is 0 Å². The lowest BCUT2D eigenvalue weighted by Gasteiger charge is -2.16. The summed E-state index contributed by atoms with van der Waals surface area (Å²) in [4.78, 5) is 0. The summed E-state index contributed by atoms with van der Waals surface area (Å²) in [6.45, 7) is 0.134. The van der Waals surface area contributed by atoms with Gasteiger partial charge in [-0.2, -0.15) is 0 Å². The molecule has 0 saturated heterocycles. The van der Waals surface area contributed by atoms with Crippen LogP contribution in [0.25, 0.3) is 0 Å². The molecule has 0 bridgehead atoms. The fourth-order valence-corrected chi connectivity index (χ4v) is 0.363. The average molecular weight is 116 g/mol. The number of hydrogen-bond acceptors (Lipinski definition) is 1. The maximum Gasteiger partial charge on any atom is 0.0934 e. The van der Waals surface area contributed by atoms with E-state index in [0.717, 1.165) is 4.48 Å². The Labute approximate surface area is 50.6 Å². The van der Waals surface area contributed by atoms with Crippen LogP contribution in [0.5, 0.6) is 0 Å². The number of hydrogen-bond donors (Lipinski definition) is 1. The normalized spacial score (nSPS) is 13.0. The summed E-state index contributed by atoms with van der Waals surface area (Å²) in [7, 11) is 6.10. The lowest BCUT2D eigenvalue weighted by atomic mass is 10.6. The maximum atomic E-state index is 8.33. The second-order valence-electron chi connectivity index (χ2n) is 2.68. The van der Waals surface area contributed by atoms with Gasteiger partial charge in [0.1, 0.15) is 0 Å². The number of rotatable bonds is 2. The molecule has 0 saturated carbocycles. The topological polar surface area (TPSA) is 20.2 Å². The Morgan fingerprint density at radius 2 is 1.88 bits per heavy atom. The largest absolute Gasteiger partial charge is 0.392 e. The van der Waals surface area contributed by atoms with E-state index in [1.54, 1.807) is 6.08 Å². The van der Waals surface area contributed by atoms with Gasteiger partial charge >= 0.3 is 0 Å². The van der Waals surface area contributed by atoms with Crippen molar-refractivity contribution in [3.63, 3.8) is 0 Å². The molecule has 0 aromatic rings. The molecule has 0 fully saturated rings. The summed E-state index contributed by atoms with van der Waals surface area (Å²) in [5.41, 5.74) is 0. The van der Waals surface area contributed by atoms with Crippen molar-refractivity contribution in [3.05, 3.63) is 12.3 Å². The van der Waals surface area contributed by atoms with Gasteiger partial charge < -0.3 is 9.59 Å². The Bertz CT molecular complexity index is 81.0. The first-order valence-corrected chi connectivity index (χ1v) is 2.66. The van der Waals surface area contributed by atoms with Gasteiger partial charge in [-0.25, -0.2) is 0 Å². The highest BCUT2D eigenvalue weighted by atomic mass is 16.2. The minimum Gasteiger partial charge on any atom is -0.392 e. The summed E-state index contributed by atoms with van der Waals surface area (Å²) in [6, 6.07) is 0. The first kappa shape index (κ1) is 7.66. The quantitative estimate of drug-likeness (QED) is 0.511. The van der Waals surface area contributed by atoms with Gasteiger partial charge in [0.15, 0.2) is 0 Å². The van der Waals surface area contributed by atoms with Crippen LogP contribution >= 0.6 is 0 Å². The van der Waals surface area contributed by atoms with E-state index < -0.39 is 0 Å². The molecule has 0 unspecified atom stereocenters. The van der Waals surface area contributed by atoms with Crippen LogP contribution in [0.1, 0.15) is 0 Å². The van der Waals surface area contributed by atoms with E-state index in [1.165, 1.54) is 0 Å². The highest BCUT2D eigenvalue weighted by Gasteiger charge is 1.96. The number of aliphatic hydroxyl groups is 1. The average Bonchev–Trinajstić information content (AvgIpc) is 1.59. The van der Waals surface area contributed by atoms with Crippen molar-refractivity contribution in [2.45, 2.75) is 0 Å². The van der Waals surface area contributed by atoms with Crippen LogP contribution in [0.15, 0.2) is 12.3 Å². The van der Waals surface area contributed by atoms with Crippen molar-refractivity contribution >= 4 is 0 Å². The van der Waals surface area contributed by atoms with E-state index in [0.29, 0.717) is 0 Å². The number of nitrogens with zero attached hydrogens (tertiary/aromatic N) is 1. The van der Waals surface area contributed by atoms with E-state index in [4.69, 9.17) is 5.11 Å². The van der Waals surface area contributed by atoms with E-state index in [2.05, 4.69) is 0 Å². The first-order chi connectivity index (χ1) is 3.56. The zero-order valence-electron chi connectivity index (χ0n) is 5.76. The molecule has 48 valence electrons. The van der Waals surface area contributed by atoms with Crippen LogP contribution in [0.2, 0.25) is 0 Å². The summed E-state index contributed by atoms with van der Waals surface area (Å²) in [5.74, 6) is 0. The van der Waals surface area contributed by atoms with Crippen molar-refractivity contribution in [1.29, 1.82) is 0 Å². The summed E-state index contributed by atoms with van der Waals surface area (Å²) >= 11 is 0. The van der Waals surface area contributed by atoms with Gasteiger partial charge in [-0.1, -0.05) is 0 Å². The molecule has 0 aliphatic heterocycles. The Hall–Kier alpha value is -0.340. The molecule has 0 spiro atoms. The van der Waals surface area contributed by atoms with Gasteiger partial charge in [0.05, 0.1) is 33.9 Å². The molecule has 2 heteroatoms. The molecule has 8 heavy (non-hydrogen) atoms. The monoisotopic (exact) mass is 116 g/mol. The SMILES string of the molecule is C[N+](C)(C)C=CCO. The van der Waals surface area contributed by atoms with E-state index >= 15 is 0 Å². The van der Waals surface area contributed by atoms with Gasteiger partial charge in [-0.3, -0.25) is 0 Å².